The number of rotatable bonds is 11. The van der Waals surface area contributed by atoms with Crippen molar-refractivity contribution in [2.75, 3.05) is 24.7 Å². The van der Waals surface area contributed by atoms with Crippen LogP contribution in [0.25, 0.3) is 0 Å². The van der Waals surface area contributed by atoms with Crippen molar-refractivity contribution < 1.29 is 9.90 Å². The Morgan fingerprint density at radius 3 is 2.34 bits per heavy atom. The number of aromatic hydroxyl groups is 1. The smallest absolute Gasteiger partial charge is 0.323 e. The number of phenols is 1. The summed E-state index contributed by atoms with van der Waals surface area (Å²) < 4.78 is 0.864. The standard InChI is InChI=1S/C33H40BrN5O2/c1-22(2)26-14-16-27(17-15-26)37-33(41)38-28-11-9-10-25(19-28)20-36-23(3)18-31(29-12-7-8-13-32(29)40)39(6)24(4)30(34)21-35-5/h7-19,21-22,31,36,40H,20H2,1-6H3,(H2,37,38,41)/b23-18+,30-24-,35-21?. The van der Waals surface area contributed by atoms with Crippen LogP contribution in [0.1, 0.15) is 56.3 Å². The number of nitrogens with zero attached hydrogens (tertiary/aromatic N) is 2. The van der Waals surface area contributed by atoms with E-state index in [0.717, 1.165) is 32.7 Å². The molecular formula is C33H40BrN5O2. The molecule has 4 N–H and O–H groups in total. The molecule has 0 aliphatic rings. The van der Waals surface area contributed by atoms with Gasteiger partial charge in [-0.1, -0.05) is 56.3 Å². The first-order valence-electron chi connectivity index (χ1n) is 13.6. The Balaban J connectivity index is 1.70. The maximum absolute atomic E-state index is 12.6. The summed E-state index contributed by atoms with van der Waals surface area (Å²) in [5.41, 5.74) is 6.40. The van der Waals surface area contributed by atoms with E-state index in [9.17, 15) is 9.90 Å². The van der Waals surface area contributed by atoms with Gasteiger partial charge in [-0.15, -0.1) is 0 Å². The number of amides is 2. The molecule has 0 radical (unpaired) electrons. The number of aliphatic imine (C=N–C) groups is 1. The Hall–Kier alpha value is -4.04. The molecule has 41 heavy (non-hydrogen) atoms. The SMILES string of the molecule is CN=C/C(Br)=C(\C)N(C)C(/C=C(\C)NCc1cccc(NC(=O)Nc2ccc(C(C)C)cc2)c1)c1ccccc1O. The summed E-state index contributed by atoms with van der Waals surface area (Å²) in [4.78, 5) is 18.8. The molecule has 0 heterocycles. The number of allylic oxidation sites excluding steroid dienone is 3. The second-order valence-electron chi connectivity index (χ2n) is 10.2. The van der Waals surface area contributed by atoms with Gasteiger partial charge >= 0.3 is 6.03 Å². The maximum Gasteiger partial charge on any atom is 0.323 e. The molecule has 0 aliphatic carbocycles. The average Bonchev–Trinajstić information content (AvgIpc) is 2.95. The molecule has 3 aromatic rings. The van der Waals surface area contributed by atoms with Crippen molar-refractivity contribution >= 4 is 39.6 Å². The number of hydrogen-bond acceptors (Lipinski definition) is 5. The third-order valence-electron chi connectivity index (χ3n) is 6.79. The van der Waals surface area contributed by atoms with Crippen LogP contribution >= 0.6 is 15.9 Å². The van der Waals surface area contributed by atoms with E-state index in [1.807, 2.05) is 87.6 Å². The molecule has 1 unspecified atom stereocenters. The van der Waals surface area contributed by atoms with Gasteiger partial charge in [0.1, 0.15) is 5.75 Å². The van der Waals surface area contributed by atoms with Crippen LogP contribution in [-0.2, 0) is 6.54 Å². The first kappa shape index (κ1) is 31.5. The highest BCUT2D eigenvalue weighted by molar-refractivity contribution is 9.12. The highest BCUT2D eigenvalue weighted by atomic mass is 79.9. The zero-order valence-electron chi connectivity index (χ0n) is 24.6. The quantitative estimate of drug-likeness (QED) is 0.163. The van der Waals surface area contributed by atoms with Gasteiger partial charge < -0.3 is 26.0 Å². The number of carbonyl (C=O) groups excluding carboxylic acids is 1. The zero-order valence-corrected chi connectivity index (χ0v) is 26.2. The number of phenolic OH excluding ortho intramolecular Hbond substituents is 1. The second-order valence-corrected chi connectivity index (χ2v) is 11.0. The van der Waals surface area contributed by atoms with Crippen LogP contribution in [0, 0.1) is 0 Å². The van der Waals surface area contributed by atoms with Gasteiger partial charge in [0.25, 0.3) is 0 Å². The summed E-state index contributed by atoms with van der Waals surface area (Å²) in [7, 11) is 3.71. The van der Waals surface area contributed by atoms with Gasteiger partial charge in [0.2, 0.25) is 0 Å². The van der Waals surface area contributed by atoms with E-state index in [-0.39, 0.29) is 17.8 Å². The number of para-hydroxylation sites is 1. The predicted octanol–water partition coefficient (Wildman–Crippen LogP) is 8.15. The first-order valence-corrected chi connectivity index (χ1v) is 14.4. The molecule has 0 spiro atoms. The van der Waals surface area contributed by atoms with Crippen LogP contribution in [0.15, 0.2) is 99.7 Å². The lowest BCUT2D eigenvalue weighted by molar-refractivity contribution is 0.262. The van der Waals surface area contributed by atoms with Crippen LogP contribution in [-0.4, -0.2) is 36.3 Å². The summed E-state index contributed by atoms with van der Waals surface area (Å²) in [6, 6.07) is 22.5. The van der Waals surface area contributed by atoms with Crippen LogP contribution in [0.3, 0.4) is 0 Å². The van der Waals surface area contributed by atoms with Crippen LogP contribution in [0.5, 0.6) is 5.75 Å². The number of likely N-dealkylation sites (N-methyl/N-ethyl adjacent to an activating group) is 1. The van der Waals surface area contributed by atoms with Crippen molar-refractivity contribution in [3.05, 3.63) is 111 Å². The Morgan fingerprint density at radius 1 is 1.00 bits per heavy atom. The fourth-order valence-corrected chi connectivity index (χ4v) is 4.76. The first-order chi connectivity index (χ1) is 19.6. The van der Waals surface area contributed by atoms with E-state index in [0.29, 0.717) is 18.2 Å². The molecule has 7 nitrogen and oxygen atoms in total. The molecule has 0 bridgehead atoms. The lowest BCUT2D eigenvalue weighted by Crippen LogP contribution is -2.24. The van der Waals surface area contributed by atoms with Crippen LogP contribution in [0.4, 0.5) is 16.2 Å². The van der Waals surface area contributed by atoms with Gasteiger partial charge in [0, 0.05) is 55.2 Å². The largest absolute Gasteiger partial charge is 0.508 e. The van der Waals surface area contributed by atoms with E-state index in [2.05, 4.69) is 61.7 Å². The Bertz CT molecular complexity index is 1410. The molecule has 2 amide bonds. The van der Waals surface area contributed by atoms with Gasteiger partial charge in [-0.25, -0.2) is 4.79 Å². The van der Waals surface area contributed by atoms with Crippen molar-refractivity contribution in [1.82, 2.24) is 10.2 Å². The van der Waals surface area contributed by atoms with E-state index < -0.39 is 0 Å². The Labute approximate surface area is 252 Å². The predicted molar refractivity (Wildman–Crippen MR) is 175 cm³/mol. The van der Waals surface area contributed by atoms with Crippen molar-refractivity contribution in [2.24, 2.45) is 4.99 Å². The molecule has 3 rings (SSSR count). The topological polar surface area (TPSA) is 89.0 Å². The fraction of sp³-hybridized carbons (Fsp3) is 0.273. The van der Waals surface area contributed by atoms with Gasteiger partial charge in [0.05, 0.1) is 10.5 Å². The van der Waals surface area contributed by atoms with Crippen molar-refractivity contribution in [1.29, 1.82) is 0 Å². The normalized spacial score (nSPS) is 13.1. The fourth-order valence-electron chi connectivity index (χ4n) is 4.27. The number of urea groups is 1. The van der Waals surface area contributed by atoms with Crippen molar-refractivity contribution in [3.63, 3.8) is 0 Å². The molecule has 0 aromatic heterocycles. The third kappa shape index (κ3) is 9.25. The van der Waals surface area contributed by atoms with E-state index in [1.165, 1.54) is 5.56 Å². The number of nitrogens with one attached hydrogen (secondary N) is 3. The molecule has 0 saturated heterocycles. The molecule has 8 heteroatoms. The molecule has 0 aliphatic heterocycles. The summed E-state index contributed by atoms with van der Waals surface area (Å²) >= 11 is 3.60. The molecule has 216 valence electrons. The van der Waals surface area contributed by atoms with Gasteiger partial charge in [0.15, 0.2) is 0 Å². The van der Waals surface area contributed by atoms with Crippen LogP contribution in [0.2, 0.25) is 0 Å². The summed E-state index contributed by atoms with van der Waals surface area (Å²) in [6.45, 7) is 8.85. The molecule has 3 aromatic carbocycles. The minimum Gasteiger partial charge on any atom is -0.508 e. The minimum absolute atomic E-state index is 0.229. The highest BCUT2D eigenvalue weighted by Crippen LogP contribution is 2.33. The molecule has 0 fully saturated rings. The average molecular weight is 619 g/mol. The Morgan fingerprint density at radius 2 is 1.68 bits per heavy atom. The number of anilines is 2. The van der Waals surface area contributed by atoms with Gasteiger partial charge in [-0.05, 0) is 83.2 Å². The number of halogens is 1. The van der Waals surface area contributed by atoms with Gasteiger partial charge in [-0.2, -0.15) is 0 Å². The van der Waals surface area contributed by atoms with E-state index in [1.54, 1.807) is 19.3 Å². The van der Waals surface area contributed by atoms with Crippen molar-refractivity contribution in [2.45, 2.75) is 46.2 Å². The third-order valence-corrected chi connectivity index (χ3v) is 7.57. The second kappa shape index (κ2) is 15.1. The summed E-state index contributed by atoms with van der Waals surface area (Å²) in [5, 5.41) is 19.9. The molecule has 1 atom stereocenters. The van der Waals surface area contributed by atoms with E-state index in [4.69, 9.17) is 0 Å². The number of hydrogen-bond donors (Lipinski definition) is 4. The maximum atomic E-state index is 12.6. The molecular weight excluding hydrogens is 578 g/mol. The highest BCUT2D eigenvalue weighted by Gasteiger charge is 2.20. The van der Waals surface area contributed by atoms with Gasteiger partial charge in [-0.3, -0.25) is 4.99 Å². The summed E-state index contributed by atoms with van der Waals surface area (Å²) in [5.74, 6) is 0.670. The summed E-state index contributed by atoms with van der Waals surface area (Å²) in [6.07, 6.45) is 3.84. The lowest BCUT2D eigenvalue weighted by Gasteiger charge is -2.30. The van der Waals surface area contributed by atoms with E-state index >= 15 is 0 Å². The molecule has 0 saturated carbocycles. The minimum atomic E-state index is -0.292. The van der Waals surface area contributed by atoms with Crippen molar-refractivity contribution in [3.8, 4) is 5.75 Å². The van der Waals surface area contributed by atoms with Crippen LogP contribution < -0.4 is 16.0 Å². The lowest BCUT2D eigenvalue weighted by atomic mass is 10.0. The monoisotopic (exact) mass is 617 g/mol. The number of benzene rings is 3. The Kier molecular flexibility index (Phi) is 11.6. The number of carbonyl (C=O) groups is 1. The zero-order chi connectivity index (χ0) is 29.9.